The van der Waals surface area contributed by atoms with Gasteiger partial charge in [0.15, 0.2) is 11.6 Å². The van der Waals surface area contributed by atoms with Gasteiger partial charge in [-0.15, -0.1) is 0 Å². The highest BCUT2D eigenvalue weighted by Crippen LogP contribution is 2.28. The van der Waals surface area contributed by atoms with Crippen molar-refractivity contribution in [2.75, 3.05) is 19.6 Å². The number of piperidine rings is 1. The van der Waals surface area contributed by atoms with Gasteiger partial charge in [0, 0.05) is 12.1 Å². The van der Waals surface area contributed by atoms with Crippen LogP contribution in [0.2, 0.25) is 0 Å². The normalized spacial score (nSPS) is 20.0. The molecule has 4 heteroatoms. The van der Waals surface area contributed by atoms with Gasteiger partial charge in [-0.05, 0) is 37.9 Å². The van der Waals surface area contributed by atoms with Gasteiger partial charge in [-0.25, -0.2) is 8.78 Å². The van der Waals surface area contributed by atoms with Crippen molar-refractivity contribution < 1.29 is 8.78 Å². The van der Waals surface area contributed by atoms with Crippen molar-refractivity contribution in [3.8, 4) is 0 Å². The Bertz CT molecular complexity index is 401. The fraction of sp³-hybridized carbons (Fsp3) is 0.571. The first-order valence-corrected chi connectivity index (χ1v) is 6.51. The highest BCUT2D eigenvalue weighted by Gasteiger charge is 2.26. The first-order chi connectivity index (χ1) is 8.63. The van der Waals surface area contributed by atoms with E-state index in [1.807, 2.05) is 0 Å². The lowest BCUT2D eigenvalue weighted by atomic mass is 9.95. The Balaban J connectivity index is 2.20. The van der Waals surface area contributed by atoms with E-state index in [1.165, 1.54) is 0 Å². The van der Waals surface area contributed by atoms with Crippen LogP contribution in [0.1, 0.15) is 31.4 Å². The molecule has 0 aromatic heterocycles. The number of benzene rings is 1. The van der Waals surface area contributed by atoms with Crippen LogP contribution in [-0.4, -0.2) is 24.5 Å². The molecule has 1 aromatic rings. The largest absolute Gasteiger partial charge is 0.329 e. The predicted molar refractivity (Wildman–Crippen MR) is 68.1 cm³/mol. The molecule has 0 aliphatic carbocycles. The maximum Gasteiger partial charge on any atom is 0.163 e. The fourth-order valence-corrected chi connectivity index (χ4v) is 2.59. The zero-order chi connectivity index (χ0) is 13.1. The average molecular weight is 254 g/mol. The molecule has 100 valence electrons. The zero-order valence-electron chi connectivity index (χ0n) is 10.7. The standard InChI is InChI=1S/C14H20F2N2/c1-10-5-7-18(8-6-10)13(9-17)11-3-2-4-12(15)14(11)16/h2-4,10,13H,5-9,17H2,1H3. The summed E-state index contributed by atoms with van der Waals surface area (Å²) in [6.45, 7) is 4.34. The summed E-state index contributed by atoms with van der Waals surface area (Å²) in [5, 5.41) is 0. The molecule has 2 N–H and O–H groups in total. The van der Waals surface area contributed by atoms with Gasteiger partial charge in [-0.1, -0.05) is 19.1 Å². The van der Waals surface area contributed by atoms with Crippen molar-refractivity contribution in [1.82, 2.24) is 4.90 Å². The second kappa shape index (κ2) is 5.76. The van der Waals surface area contributed by atoms with Gasteiger partial charge in [0.25, 0.3) is 0 Å². The molecule has 18 heavy (non-hydrogen) atoms. The van der Waals surface area contributed by atoms with Gasteiger partial charge in [0.05, 0.1) is 6.04 Å². The minimum Gasteiger partial charge on any atom is -0.329 e. The number of hydrogen-bond acceptors (Lipinski definition) is 2. The second-order valence-electron chi connectivity index (χ2n) is 5.11. The van der Waals surface area contributed by atoms with Crippen LogP contribution in [0.3, 0.4) is 0 Å². The number of likely N-dealkylation sites (tertiary alicyclic amines) is 1. The van der Waals surface area contributed by atoms with Crippen molar-refractivity contribution in [2.24, 2.45) is 11.7 Å². The second-order valence-corrected chi connectivity index (χ2v) is 5.11. The molecule has 1 aliphatic heterocycles. The molecule has 1 atom stereocenters. The molecule has 1 aromatic carbocycles. The van der Waals surface area contributed by atoms with Crippen LogP contribution in [0.5, 0.6) is 0 Å². The van der Waals surface area contributed by atoms with E-state index in [0.29, 0.717) is 18.0 Å². The van der Waals surface area contributed by atoms with Crippen LogP contribution >= 0.6 is 0 Å². The quantitative estimate of drug-likeness (QED) is 0.898. The molecule has 1 heterocycles. The van der Waals surface area contributed by atoms with E-state index >= 15 is 0 Å². The number of nitrogens with zero attached hydrogens (tertiary/aromatic N) is 1. The van der Waals surface area contributed by atoms with Crippen molar-refractivity contribution in [3.05, 3.63) is 35.4 Å². The SMILES string of the molecule is CC1CCN(C(CN)c2cccc(F)c2F)CC1. The van der Waals surface area contributed by atoms with E-state index in [0.717, 1.165) is 32.0 Å². The average Bonchev–Trinajstić information content (AvgIpc) is 2.37. The Morgan fingerprint density at radius 3 is 2.61 bits per heavy atom. The van der Waals surface area contributed by atoms with Gasteiger partial charge in [0.2, 0.25) is 0 Å². The lowest BCUT2D eigenvalue weighted by Crippen LogP contribution is -2.39. The summed E-state index contributed by atoms with van der Waals surface area (Å²) in [6, 6.07) is 4.11. The summed E-state index contributed by atoms with van der Waals surface area (Å²) >= 11 is 0. The summed E-state index contributed by atoms with van der Waals surface area (Å²) in [5.41, 5.74) is 6.14. The van der Waals surface area contributed by atoms with Crippen LogP contribution < -0.4 is 5.73 Å². The predicted octanol–water partition coefficient (Wildman–Crippen LogP) is 2.70. The van der Waals surface area contributed by atoms with Crippen molar-refractivity contribution in [2.45, 2.75) is 25.8 Å². The third kappa shape index (κ3) is 2.70. The Morgan fingerprint density at radius 1 is 1.33 bits per heavy atom. The summed E-state index contributed by atoms with van der Waals surface area (Å²) in [4.78, 5) is 2.16. The van der Waals surface area contributed by atoms with Gasteiger partial charge >= 0.3 is 0 Å². The van der Waals surface area contributed by atoms with Gasteiger partial charge in [-0.2, -0.15) is 0 Å². The monoisotopic (exact) mass is 254 g/mol. The van der Waals surface area contributed by atoms with Gasteiger partial charge in [0.1, 0.15) is 0 Å². The first kappa shape index (κ1) is 13.4. The van der Waals surface area contributed by atoms with Crippen LogP contribution in [0.15, 0.2) is 18.2 Å². The Hall–Kier alpha value is -1.00. The molecule has 1 unspecified atom stereocenters. The van der Waals surface area contributed by atoms with Crippen molar-refractivity contribution in [3.63, 3.8) is 0 Å². The highest BCUT2D eigenvalue weighted by atomic mass is 19.2. The molecule has 1 fully saturated rings. The van der Waals surface area contributed by atoms with Gasteiger partial charge in [-0.3, -0.25) is 4.90 Å². The first-order valence-electron chi connectivity index (χ1n) is 6.51. The molecule has 0 radical (unpaired) electrons. The maximum absolute atomic E-state index is 13.8. The molecular weight excluding hydrogens is 234 g/mol. The van der Waals surface area contributed by atoms with E-state index in [1.54, 1.807) is 12.1 Å². The van der Waals surface area contributed by atoms with E-state index in [-0.39, 0.29) is 6.04 Å². The van der Waals surface area contributed by atoms with E-state index in [9.17, 15) is 8.78 Å². The topological polar surface area (TPSA) is 29.3 Å². The smallest absolute Gasteiger partial charge is 0.163 e. The Kier molecular flexibility index (Phi) is 4.30. The third-order valence-corrected chi connectivity index (χ3v) is 3.82. The molecule has 0 amide bonds. The summed E-state index contributed by atoms with van der Waals surface area (Å²) in [6.07, 6.45) is 2.18. The van der Waals surface area contributed by atoms with Crippen LogP contribution in [0.4, 0.5) is 8.78 Å². The highest BCUT2D eigenvalue weighted by molar-refractivity contribution is 5.23. The molecule has 2 nitrogen and oxygen atoms in total. The lowest BCUT2D eigenvalue weighted by Gasteiger charge is -2.36. The number of halogens is 2. The summed E-state index contributed by atoms with van der Waals surface area (Å²) < 4.78 is 27.1. The molecule has 2 rings (SSSR count). The van der Waals surface area contributed by atoms with Crippen molar-refractivity contribution >= 4 is 0 Å². The third-order valence-electron chi connectivity index (χ3n) is 3.82. The van der Waals surface area contributed by atoms with Gasteiger partial charge < -0.3 is 5.73 Å². The van der Waals surface area contributed by atoms with Crippen molar-refractivity contribution in [1.29, 1.82) is 0 Å². The molecule has 1 aliphatic rings. The molecule has 1 saturated heterocycles. The molecule has 0 bridgehead atoms. The molecule has 0 spiro atoms. The minimum absolute atomic E-state index is 0.215. The van der Waals surface area contributed by atoms with Crippen LogP contribution in [0, 0.1) is 17.6 Å². The van der Waals surface area contributed by atoms with E-state index in [4.69, 9.17) is 5.73 Å². The molecular formula is C14H20F2N2. The zero-order valence-corrected chi connectivity index (χ0v) is 10.7. The van der Waals surface area contributed by atoms with Crippen LogP contribution in [0.25, 0.3) is 0 Å². The summed E-state index contributed by atoms with van der Waals surface area (Å²) in [7, 11) is 0. The Morgan fingerprint density at radius 2 is 2.00 bits per heavy atom. The molecule has 0 saturated carbocycles. The van der Waals surface area contributed by atoms with Crippen LogP contribution in [-0.2, 0) is 0 Å². The van der Waals surface area contributed by atoms with E-state index in [2.05, 4.69) is 11.8 Å². The Labute approximate surface area is 107 Å². The summed E-state index contributed by atoms with van der Waals surface area (Å²) in [5.74, 6) is -0.847. The van der Waals surface area contributed by atoms with E-state index < -0.39 is 11.6 Å². The maximum atomic E-state index is 13.8. The lowest BCUT2D eigenvalue weighted by molar-refractivity contribution is 0.138. The number of hydrogen-bond donors (Lipinski definition) is 1. The number of nitrogens with two attached hydrogens (primary N) is 1. The fourth-order valence-electron chi connectivity index (χ4n) is 2.59. The minimum atomic E-state index is -0.795. The number of rotatable bonds is 3.